The Morgan fingerprint density at radius 3 is 2.71 bits per heavy atom. The minimum absolute atomic E-state index is 0.487. The molecule has 0 radical (unpaired) electrons. The molecule has 3 aromatic rings. The fraction of sp³-hybridized carbons (Fsp3) is 0.0667. The number of halogens is 1. The lowest BCUT2D eigenvalue weighted by Gasteiger charge is -2.05. The van der Waals surface area contributed by atoms with Gasteiger partial charge < -0.3 is 15.0 Å². The summed E-state index contributed by atoms with van der Waals surface area (Å²) < 4.78 is 0. The molecule has 0 spiro atoms. The minimum Gasteiger partial charge on any atom is -0.423 e. The van der Waals surface area contributed by atoms with E-state index in [2.05, 4.69) is 4.98 Å². The van der Waals surface area contributed by atoms with Crippen LogP contribution in [-0.2, 0) is 0 Å². The number of hydrogen-bond acceptors (Lipinski definition) is 3. The molecule has 106 valence electrons. The highest BCUT2D eigenvalue weighted by molar-refractivity contribution is 7.99. The Balaban J connectivity index is 2.02. The van der Waals surface area contributed by atoms with E-state index in [1.165, 1.54) is 0 Å². The summed E-state index contributed by atoms with van der Waals surface area (Å²) in [7, 11) is -1.45. The van der Waals surface area contributed by atoms with Crippen molar-refractivity contribution in [1.82, 2.24) is 4.98 Å². The van der Waals surface area contributed by atoms with Gasteiger partial charge in [-0.15, -0.1) is 0 Å². The van der Waals surface area contributed by atoms with E-state index >= 15 is 0 Å². The molecule has 0 bridgehead atoms. The van der Waals surface area contributed by atoms with Crippen LogP contribution in [0.4, 0.5) is 0 Å². The molecule has 0 fully saturated rings. The van der Waals surface area contributed by atoms with Gasteiger partial charge in [-0.05, 0) is 36.7 Å². The van der Waals surface area contributed by atoms with Crippen LogP contribution in [0.15, 0.2) is 52.3 Å². The average molecular weight is 318 g/mol. The summed E-state index contributed by atoms with van der Waals surface area (Å²) in [5, 5.41) is 20.3. The summed E-state index contributed by atoms with van der Waals surface area (Å²) in [5.74, 6) is 0. The molecule has 6 heteroatoms. The molecule has 0 unspecified atom stereocenters. The van der Waals surface area contributed by atoms with E-state index in [4.69, 9.17) is 11.6 Å². The van der Waals surface area contributed by atoms with Crippen molar-refractivity contribution in [2.45, 2.75) is 16.7 Å². The number of aryl methyl sites for hydroxylation is 1. The highest BCUT2D eigenvalue weighted by Crippen LogP contribution is 2.36. The number of rotatable bonds is 3. The van der Waals surface area contributed by atoms with E-state index in [0.29, 0.717) is 10.5 Å². The second kappa shape index (κ2) is 5.77. The van der Waals surface area contributed by atoms with Crippen LogP contribution < -0.4 is 5.46 Å². The molecule has 21 heavy (non-hydrogen) atoms. The third-order valence-corrected chi connectivity index (χ3v) is 4.72. The fourth-order valence-electron chi connectivity index (χ4n) is 2.27. The van der Waals surface area contributed by atoms with Crippen LogP contribution >= 0.6 is 23.4 Å². The van der Waals surface area contributed by atoms with Gasteiger partial charge in [0, 0.05) is 31.4 Å². The molecule has 1 aromatic heterocycles. The highest BCUT2D eigenvalue weighted by Gasteiger charge is 2.14. The molecule has 0 amide bonds. The first-order chi connectivity index (χ1) is 10.0. The summed E-state index contributed by atoms with van der Waals surface area (Å²) >= 11 is 7.60. The smallest absolute Gasteiger partial charge is 0.423 e. The number of hydrogen-bond donors (Lipinski definition) is 3. The molecule has 3 N–H and O–H groups in total. The third-order valence-electron chi connectivity index (χ3n) is 3.27. The number of fused-ring (bicyclic) bond motifs is 1. The predicted molar refractivity (Wildman–Crippen MR) is 88.4 cm³/mol. The van der Waals surface area contributed by atoms with Crippen molar-refractivity contribution in [3.63, 3.8) is 0 Å². The monoisotopic (exact) mass is 317 g/mol. The van der Waals surface area contributed by atoms with Gasteiger partial charge in [0.2, 0.25) is 0 Å². The average Bonchev–Trinajstić information content (AvgIpc) is 2.74. The predicted octanol–water partition coefficient (Wildman–Crippen LogP) is 2.96. The van der Waals surface area contributed by atoms with Crippen LogP contribution in [0.5, 0.6) is 0 Å². The van der Waals surface area contributed by atoms with Crippen LogP contribution in [0.1, 0.15) is 5.69 Å². The normalized spacial score (nSPS) is 11.0. The molecule has 3 rings (SSSR count). The van der Waals surface area contributed by atoms with Gasteiger partial charge in [-0.1, -0.05) is 41.6 Å². The van der Waals surface area contributed by atoms with Gasteiger partial charge in [0.05, 0.1) is 0 Å². The number of nitrogens with one attached hydrogen (secondary N) is 1. The molecule has 0 atom stereocenters. The van der Waals surface area contributed by atoms with Gasteiger partial charge in [0.15, 0.2) is 0 Å². The molecule has 0 saturated heterocycles. The van der Waals surface area contributed by atoms with Crippen LogP contribution in [0.25, 0.3) is 10.9 Å². The second-order valence-electron chi connectivity index (χ2n) is 4.82. The lowest BCUT2D eigenvalue weighted by molar-refractivity contribution is 0.425. The van der Waals surface area contributed by atoms with Gasteiger partial charge in [0.1, 0.15) is 0 Å². The van der Waals surface area contributed by atoms with Crippen molar-refractivity contribution >= 4 is 46.8 Å². The second-order valence-corrected chi connectivity index (χ2v) is 6.34. The largest absolute Gasteiger partial charge is 0.488 e. The minimum atomic E-state index is -1.45. The summed E-state index contributed by atoms with van der Waals surface area (Å²) in [4.78, 5) is 5.40. The van der Waals surface area contributed by atoms with Crippen LogP contribution in [0, 0.1) is 6.92 Å². The lowest BCUT2D eigenvalue weighted by Crippen LogP contribution is -2.29. The van der Waals surface area contributed by atoms with Crippen molar-refractivity contribution in [2.24, 2.45) is 0 Å². The zero-order valence-corrected chi connectivity index (χ0v) is 12.9. The molecule has 3 nitrogen and oxygen atoms in total. The lowest BCUT2D eigenvalue weighted by atomic mass is 9.80. The van der Waals surface area contributed by atoms with Crippen LogP contribution in [0.2, 0.25) is 5.02 Å². The summed E-state index contributed by atoms with van der Waals surface area (Å²) in [6.45, 7) is 2.01. The number of aromatic amines is 1. The zero-order valence-electron chi connectivity index (χ0n) is 11.3. The topological polar surface area (TPSA) is 56.2 Å². The highest BCUT2D eigenvalue weighted by atomic mass is 35.5. The Morgan fingerprint density at radius 1 is 1.14 bits per heavy atom. The Kier molecular flexibility index (Phi) is 4.00. The van der Waals surface area contributed by atoms with E-state index in [-0.39, 0.29) is 0 Å². The van der Waals surface area contributed by atoms with Crippen molar-refractivity contribution in [3.8, 4) is 0 Å². The van der Waals surface area contributed by atoms with Crippen molar-refractivity contribution in [1.29, 1.82) is 0 Å². The first-order valence-electron chi connectivity index (χ1n) is 6.46. The standard InChI is InChI=1S/C15H13BClNO2S/c1-9-15(13-6-5-11(17)8-14(13)18-9)21-12-4-2-3-10(7-12)16(19)20/h2-8,18-20H,1H3. The molecule has 0 aliphatic heterocycles. The van der Waals surface area contributed by atoms with Gasteiger partial charge in [-0.3, -0.25) is 0 Å². The first kappa shape index (κ1) is 14.5. The molecule has 0 aliphatic carbocycles. The van der Waals surface area contributed by atoms with Crippen molar-refractivity contribution in [2.75, 3.05) is 0 Å². The van der Waals surface area contributed by atoms with E-state index < -0.39 is 7.12 Å². The quantitative estimate of drug-likeness (QED) is 0.651. The Bertz CT molecular complexity index is 803. The van der Waals surface area contributed by atoms with Crippen molar-refractivity contribution in [3.05, 3.63) is 53.2 Å². The third kappa shape index (κ3) is 2.96. The van der Waals surface area contributed by atoms with E-state index in [1.54, 1.807) is 23.9 Å². The molecule has 0 saturated carbocycles. The molecule has 2 aromatic carbocycles. The number of H-pyrrole nitrogens is 1. The summed E-state index contributed by atoms with van der Waals surface area (Å²) in [5.41, 5.74) is 2.55. The van der Waals surface area contributed by atoms with E-state index in [9.17, 15) is 10.0 Å². The summed E-state index contributed by atoms with van der Waals surface area (Å²) in [6.07, 6.45) is 0. The molecule has 0 aliphatic rings. The van der Waals surface area contributed by atoms with E-state index in [0.717, 1.165) is 26.4 Å². The maximum atomic E-state index is 9.26. The first-order valence-corrected chi connectivity index (χ1v) is 7.66. The SMILES string of the molecule is Cc1[nH]c2cc(Cl)ccc2c1Sc1cccc(B(O)O)c1. The fourth-order valence-corrected chi connectivity index (χ4v) is 3.51. The summed E-state index contributed by atoms with van der Waals surface area (Å²) in [6, 6.07) is 13.0. The van der Waals surface area contributed by atoms with Gasteiger partial charge in [0.25, 0.3) is 0 Å². The van der Waals surface area contributed by atoms with Crippen LogP contribution in [-0.4, -0.2) is 22.2 Å². The van der Waals surface area contributed by atoms with Gasteiger partial charge in [-0.25, -0.2) is 0 Å². The van der Waals surface area contributed by atoms with Gasteiger partial charge >= 0.3 is 7.12 Å². The molecule has 1 heterocycles. The van der Waals surface area contributed by atoms with Crippen molar-refractivity contribution < 1.29 is 10.0 Å². The Morgan fingerprint density at radius 2 is 1.95 bits per heavy atom. The Hall–Kier alpha value is -1.40. The molecular weight excluding hydrogens is 305 g/mol. The Labute approximate surface area is 132 Å². The number of aromatic nitrogens is 1. The van der Waals surface area contributed by atoms with Gasteiger partial charge in [-0.2, -0.15) is 0 Å². The number of benzene rings is 2. The van der Waals surface area contributed by atoms with E-state index in [1.807, 2.05) is 37.3 Å². The maximum absolute atomic E-state index is 9.26. The zero-order chi connectivity index (χ0) is 15.0. The molecular formula is C15H13BClNO2S. The maximum Gasteiger partial charge on any atom is 0.488 e. The van der Waals surface area contributed by atoms with Crippen LogP contribution in [0.3, 0.4) is 0 Å².